The fourth-order valence-electron chi connectivity index (χ4n) is 2.03. The lowest BCUT2D eigenvalue weighted by Crippen LogP contribution is -2.56. The van der Waals surface area contributed by atoms with Crippen LogP contribution in [0.25, 0.3) is 0 Å². The summed E-state index contributed by atoms with van der Waals surface area (Å²) in [5.41, 5.74) is -1.81. The van der Waals surface area contributed by atoms with E-state index >= 15 is 0 Å². The Morgan fingerprint density at radius 3 is 2.11 bits per heavy atom. The van der Waals surface area contributed by atoms with E-state index in [1.54, 1.807) is 21.1 Å². The van der Waals surface area contributed by atoms with Crippen molar-refractivity contribution in [3.8, 4) is 0 Å². The fraction of sp³-hybridized carbons (Fsp3) is 0.846. The summed E-state index contributed by atoms with van der Waals surface area (Å²) in [6, 6.07) is 0. The van der Waals surface area contributed by atoms with E-state index in [0.717, 1.165) is 12.8 Å². The van der Waals surface area contributed by atoms with E-state index in [9.17, 15) is 19.8 Å². The number of carbonyl (C=O) groups is 2. The van der Waals surface area contributed by atoms with Gasteiger partial charge in [0, 0.05) is 18.8 Å². The molecule has 3 N–H and O–H groups in total. The van der Waals surface area contributed by atoms with Crippen molar-refractivity contribution in [2.45, 2.75) is 44.6 Å². The van der Waals surface area contributed by atoms with E-state index in [0.29, 0.717) is 10.9 Å². The normalized spacial score (nSPS) is 14.4. The van der Waals surface area contributed by atoms with Crippen LogP contribution in [0.15, 0.2) is 0 Å². The highest BCUT2D eigenvalue weighted by atomic mass is 16.4. The number of unbranched alkanes of at least 4 members (excludes halogenated alkanes) is 2. The number of rotatable bonds is 9. The summed E-state index contributed by atoms with van der Waals surface area (Å²) in [6.45, 7) is 2.09. The van der Waals surface area contributed by atoms with Crippen LogP contribution in [0.2, 0.25) is 0 Å². The van der Waals surface area contributed by atoms with Crippen molar-refractivity contribution in [1.29, 1.82) is 0 Å². The molecule has 6 nitrogen and oxygen atoms in total. The number of carboxylic acids is 1. The van der Waals surface area contributed by atoms with Crippen molar-refractivity contribution < 1.29 is 29.8 Å². The predicted molar refractivity (Wildman–Crippen MR) is 70.2 cm³/mol. The molecule has 0 saturated heterocycles. The van der Waals surface area contributed by atoms with Crippen molar-refractivity contribution in [3.05, 3.63) is 0 Å². The van der Waals surface area contributed by atoms with Gasteiger partial charge in [-0.15, -0.1) is 0 Å². The largest absolute Gasteiger partial charge is 0.550 e. The molecule has 0 unspecified atom stereocenters. The van der Waals surface area contributed by atoms with Gasteiger partial charge in [0.15, 0.2) is 11.4 Å². The molecule has 0 aliphatic rings. The van der Waals surface area contributed by atoms with Crippen LogP contribution in [0.5, 0.6) is 0 Å². The average molecular weight is 277 g/mol. The predicted octanol–water partition coefficient (Wildman–Crippen LogP) is -1.11. The molecule has 0 aromatic carbocycles. The number of Topliss-reactive ketones (excluding diaryl/α,β-unsaturated/α-hetero) is 1. The summed E-state index contributed by atoms with van der Waals surface area (Å²) < 4.78 is 0.323. The summed E-state index contributed by atoms with van der Waals surface area (Å²) in [7, 11) is 5.42. The first-order chi connectivity index (χ1) is 8.10. The van der Waals surface area contributed by atoms with E-state index < -0.39 is 23.8 Å². The van der Waals surface area contributed by atoms with Gasteiger partial charge in [0.25, 0.3) is 0 Å². The highest BCUT2D eigenvalue weighted by Crippen LogP contribution is 2.19. The van der Waals surface area contributed by atoms with Crippen LogP contribution in [-0.2, 0) is 9.59 Å². The Balaban J connectivity index is 0. The van der Waals surface area contributed by atoms with Crippen LogP contribution in [-0.4, -0.2) is 60.1 Å². The lowest BCUT2D eigenvalue weighted by molar-refractivity contribution is -0.875. The van der Waals surface area contributed by atoms with Crippen LogP contribution in [0.3, 0.4) is 0 Å². The van der Waals surface area contributed by atoms with Crippen molar-refractivity contribution in [2.75, 3.05) is 27.7 Å². The Bertz CT molecular complexity index is 298. The molecule has 0 bridgehead atoms. The van der Waals surface area contributed by atoms with Gasteiger partial charge in [-0.3, -0.25) is 4.79 Å². The Labute approximate surface area is 114 Å². The van der Waals surface area contributed by atoms with Gasteiger partial charge in [0.05, 0.1) is 21.1 Å². The molecule has 0 aliphatic carbocycles. The van der Waals surface area contributed by atoms with Gasteiger partial charge in [-0.1, -0.05) is 19.8 Å². The lowest BCUT2D eigenvalue weighted by Gasteiger charge is -2.34. The third-order valence-corrected chi connectivity index (χ3v) is 2.70. The molecule has 0 heterocycles. The highest BCUT2D eigenvalue weighted by Gasteiger charge is 2.40. The SMILES string of the molecule is CCCCCC(=O)[C@@](O)(CC(=O)[O-])C[N+](C)(C)C.O. The summed E-state index contributed by atoms with van der Waals surface area (Å²) in [4.78, 5) is 22.7. The molecule has 0 spiro atoms. The minimum Gasteiger partial charge on any atom is -0.550 e. The maximum absolute atomic E-state index is 12.0. The number of hydrogen-bond acceptors (Lipinski definition) is 4. The Morgan fingerprint density at radius 2 is 1.74 bits per heavy atom. The van der Waals surface area contributed by atoms with Crippen LogP contribution < -0.4 is 5.11 Å². The van der Waals surface area contributed by atoms with Gasteiger partial charge < -0.3 is 25.0 Å². The van der Waals surface area contributed by atoms with Gasteiger partial charge in [0.2, 0.25) is 0 Å². The van der Waals surface area contributed by atoms with E-state index in [2.05, 4.69) is 0 Å². The first kappa shape index (κ1) is 20.3. The molecular weight excluding hydrogens is 250 g/mol. The second-order valence-corrected chi connectivity index (χ2v) is 5.91. The molecule has 0 aromatic rings. The van der Waals surface area contributed by atoms with E-state index in [4.69, 9.17) is 0 Å². The summed E-state index contributed by atoms with van der Waals surface area (Å²) in [5, 5.41) is 21.0. The molecule has 0 saturated carbocycles. The molecule has 19 heavy (non-hydrogen) atoms. The van der Waals surface area contributed by atoms with Gasteiger partial charge in [-0.2, -0.15) is 0 Å². The number of nitrogens with zero attached hydrogens (tertiary/aromatic N) is 1. The third kappa shape index (κ3) is 8.69. The number of carbonyl (C=O) groups excluding carboxylic acids is 2. The van der Waals surface area contributed by atoms with Crippen LogP contribution in [0, 0.1) is 0 Å². The topological polar surface area (TPSA) is 109 Å². The van der Waals surface area contributed by atoms with Crippen molar-refractivity contribution in [1.82, 2.24) is 0 Å². The first-order valence-electron chi connectivity index (χ1n) is 6.37. The van der Waals surface area contributed by atoms with Crippen LogP contribution in [0.1, 0.15) is 39.0 Å². The molecule has 114 valence electrons. The second-order valence-electron chi connectivity index (χ2n) is 5.91. The van der Waals surface area contributed by atoms with E-state index in [1.807, 2.05) is 6.92 Å². The summed E-state index contributed by atoms with van der Waals surface area (Å²) >= 11 is 0. The number of aliphatic hydroxyl groups is 1. The molecule has 0 amide bonds. The molecule has 0 fully saturated rings. The van der Waals surface area contributed by atoms with Crippen molar-refractivity contribution >= 4 is 11.8 Å². The quantitative estimate of drug-likeness (QED) is 0.425. The number of aliphatic carboxylic acids is 1. The van der Waals surface area contributed by atoms with Crippen LogP contribution >= 0.6 is 0 Å². The van der Waals surface area contributed by atoms with Gasteiger partial charge in [-0.05, 0) is 6.42 Å². The third-order valence-electron chi connectivity index (χ3n) is 2.70. The molecule has 0 aliphatic heterocycles. The Kier molecular flexibility index (Phi) is 8.82. The van der Waals surface area contributed by atoms with Crippen LogP contribution in [0.4, 0.5) is 0 Å². The maximum Gasteiger partial charge on any atom is 0.177 e. The number of carboxylic acid groups (broad SMARTS) is 1. The average Bonchev–Trinajstić information content (AvgIpc) is 2.13. The highest BCUT2D eigenvalue weighted by molar-refractivity contribution is 5.90. The standard InChI is InChI=1S/C13H25NO4.H2O/c1-5-6-7-8-11(15)13(18,9-12(16)17)10-14(2,3)4;/h18H,5-10H2,1-4H3;1H2/t13-;/m1./s1. The van der Waals surface area contributed by atoms with E-state index in [-0.39, 0.29) is 18.4 Å². The molecular formula is C13H27NO5. The number of ketones is 1. The molecule has 0 aromatic heterocycles. The van der Waals surface area contributed by atoms with Gasteiger partial charge >= 0.3 is 0 Å². The van der Waals surface area contributed by atoms with Crippen molar-refractivity contribution in [2.24, 2.45) is 0 Å². The minimum absolute atomic E-state index is 0. The first-order valence-corrected chi connectivity index (χ1v) is 6.37. The molecule has 0 radical (unpaired) electrons. The van der Waals surface area contributed by atoms with Crippen molar-refractivity contribution in [3.63, 3.8) is 0 Å². The molecule has 1 atom stereocenters. The zero-order valence-corrected chi connectivity index (χ0v) is 12.4. The number of likely N-dealkylation sites (N-methyl/N-ethyl adjacent to an activating group) is 1. The lowest BCUT2D eigenvalue weighted by atomic mass is 9.90. The number of quaternary nitrogens is 1. The Morgan fingerprint density at radius 1 is 1.21 bits per heavy atom. The summed E-state index contributed by atoms with van der Waals surface area (Å²) in [5.74, 6) is -1.79. The number of hydrogen-bond donors (Lipinski definition) is 1. The monoisotopic (exact) mass is 277 g/mol. The molecule has 6 heteroatoms. The zero-order chi connectivity index (χ0) is 14.4. The smallest absolute Gasteiger partial charge is 0.177 e. The van der Waals surface area contributed by atoms with E-state index in [1.165, 1.54) is 0 Å². The minimum atomic E-state index is -1.81. The zero-order valence-electron chi connectivity index (χ0n) is 12.4. The maximum atomic E-state index is 12.0. The summed E-state index contributed by atoms with van der Waals surface area (Å²) in [6.07, 6.45) is 2.14. The fourth-order valence-corrected chi connectivity index (χ4v) is 2.03. The molecule has 0 rings (SSSR count). The van der Waals surface area contributed by atoms with Gasteiger partial charge in [0.1, 0.15) is 6.54 Å². The Hall–Kier alpha value is -0.980. The van der Waals surface area contributed by atoms with Gasteiger partial charge in [-0.25, -0.2) is 0 Å². The second kappa shape index (κ2) is 8.24.